The Morgan fingerprint density at radius 1 is 1.03 bits per heavy atom. The normalized spacial score (nSPS) is 10.3. The Morgan fingerprint density at radius 3 is 2.38 bits per heavy atom. The van der Waals surface area contributed by atoms with E-state index in [1.165, 1.54) is 36.2 Å². The summed E-state index contributed by atoms with van der Waals surface area (Å²) >= 11 is 4.51. The van der Waals surface area contributed by atoms with Crippen LogP contribution in [-0.4, -0.2) is 47.7 Å². The van der Waals surface area contributed by atoms with Crippen LogP contribution in [0.4, 0.5) is 15.8 Å². The first-order chi connectivity index (χ1) is 13.7. The van der Waals surface area contributed by atoms with Crippen molar-refractivity contribution < 1.29 is 18.8 Å². The molecule has 0 radical (unpaired) electrons. The summed E-state index contributed by atoms with van der Waals surface area (Å²) in [4.78, 5) is 37.5. The first kappa shape index (κ1) is 22.9. The number of halogens is 2. The number of anilines is 2. The molecule has 2 aromatic carbocycles. The Bertz CT molecular complexity index is 893. The predicted octanol–water partition coefficient (Wildman–Crippen LogP) is 3.67. The van der Waals surface area contributed by atoms with E-state index in [9.17, 15) is 18.8 Å². The predicted molar refractivity (Wildman–Crippen MR) is 118 cm³/mol. The van der Waals surface area contributed by atoms with Crippen molar-refractivity contribution >= 4 is 56.8 Å². The maximum absolute atomic E-state index is 12.9. The van der Waals surface area contributed by atoms with Gasteiger partial charge in [-0.3, -0.25) is 14.4 Å². The number of carbonyl (C=O) groups excluding carboxylic acids is 3. The van der Waals surface area contributed by atoms with Crippen molar-refractivity contribution in [2.75, 3.05) is 35.7 Å². The molecule has 0 saturated carbocycles. The van der Waals surface area contributed by atoms with Gasteiger partial charge in [0.25, 0.3) is 0 Å². The Balaban J connectivity index is 1.71. The van der Waals surface area contributed by atoms with Crippen LogP contribution in [0.5, 0.6) is 0 Å². The molecule has 0 fully saturated rings. The van der Waals surface area contributed by atoms with Crippen LogP contribution in [0, 0.1) is 12.7 Å². The summed E-state index contributed by atoms with van der Waals surface area (Å²) in [6.45, 7) is 1.79. The zero-order valence-electron chi connectivity index (χ0n) is 16.0. The average Bonchev–Trinajstić information content (AvgIpc) is 2.65. The highest BCUT2D eigenvalue weighted by molar-refractivity contribution is 9.10. The molecule has 0 atom stereocenters. The number of likely N-dealkylation sites (N-methyl/N-ethyl adjacent to an activating group) is 1. The van der Waals surface area contributed by atoms with E-state index in [2.05, 4.69) is 26.6 Å². The maximum Gasteiger partial charge on any atom is 0.243 e. The van der Waals surface area contributed by atoms with E-state index in [1.54, 1.807) is 6.07 Å². The summed E-state index contributed by atoms with van der Waals surface area (Å²) in [5.74, 6) is -1.09. The summed E-state index contributed by atoms with van der Waals surface area (Å²) in [6, 6.07) is 10.9. The van der Waals surface area contributed by atoms with E-state index in [0.717, 1.165) is 21.8 Å². The molecule has 9 heteroatoms. The zero-order chi connectivity index (χ0) is 21.4. The van der Waals surface area contributed by atoms with Gasteiger partial charge in [0.2, 0.25) is 17.7 Å². The van der Waals surface area contributed by atoms with E-state index >= 15 is 0 Å². The Kier molecular flexibility index (Phi) is 8.66. The highest BCUT2D eigenvalue weighted by Gasteiger charge is 2.14. The van der Waals surface area contributed by atoms with Gasteiger partial charge in [-0.2, -0.15) is 0 Å². The van der Waals surface area contributed by atoms with Gasteiger partial charge in [0.05, 0.1) is 18.1 Å². The van der Waals surface area contributed by atoms with Crippen LogP contribution in [-0.2, 0) is 14.4 Å². The lowest BCUT2D eigenvalue weighted by molar-refractivity contribution is -0.131. The summed E-state index contributed by atoms with van der Waals surface area (Å²) in [7, 11) is 1.54. The van der Waals surface area contributed by atoms with Crippen molar-refractivity contribution in [3.05, 3.63) is 58.3 Å². The molecule has 2 rings (SSSR count). The first-order valence-corrected chi connectivity index (χ1v) is 10.6. The first-order valence-electron chi connectivity index (χ1n) is 8.67. The molecule has 0 aliphatic heterocycles. The zero-order valence-corrected chi connectivity index (χ0v) is 18.4. The molecule has 6 nitrogen and oxygen atoms in total. The molecule has 3 amide bonds. The number of amides is 3. The minimum Gasteiger partial charge on any atom is -0.336 e. The van der Waals surface area contributed by atoms with Crippen LogP contribution < -0.4 is 10.6 Å². The lowest BCUT2D eigenvalue weighted by atomic mass is 10.2. The number of nitrogens with zero attached hydrogens (tertiary/aromatic N) is 1. The fourth-order valence-electron chi connectivity index (χ4n) is 2.33. The Hall–Kier alpha value is -2.39. The molecule has 154 valence electrons. The Labute approximate surface area is 181 Å². The lowest BCUT2D eigenvalue weighted by Crippen LogP contribution is -2.36. The molecule has 0 aromatic heterocycles. The van der Waals surface area contributed by atoms with Gasteiger partial charge in [0.15, 0.2) is 0 Å². The van der Waals surface area contributed by atoms with Gasteiger partial charge in [-0.25, -0.2) is 4.39 Å². The molecule has 0 aliphatic rings. The highest BCUT2D eigenvalue weighted by Crippen LogP contribution is 2.20. The monoisotopic (exact) mass is 481 g/mol. The van der Waals surface area contributed by atoms with Crippen molar-refractivity contribution in [3.8, 4) is 0 Å². The number of thioether (sulfide) groups is 1. The molecule has 0 bridgehead atoms. The number of carbonyl (C=O) groups is 3. The Morgan fingerprint density at radius 2 is 1.72 bits per heavy atom. The van der Waals surface area contributed by atoms with Crippen LogP contribution in [0.25, 0.3) is 0 Å². The second-order valence-corrected chi connectivity index (χ2v) is 8.21. The van der Waals surface area contributed by atoms with Crippen molar-refractivity contribution in [2.24, 2.45) is 0 Å². The molecule has 29 heavy (non-hydrogen) atoms. The number of rotatable bonds is 8. The smallest absolute Gasteiger partial charge is 0.243 e. The molecule has 0 aliphatic carbocycles. The van der Waals surface area contributed by atoms with Crippen LogP contribution in [0.1, 0.15) is 5.56 Å². The van der Waals surface area contributed by atoms with E-state index in [1.807, 2.05) is 19.1 Å². The van der Waals surface area contributed by atoms with Gasteiger partial charge >= 0.3 is 0 Å². The van der Waals surface area contributed by atoms with Gasteiger partial charge < -0.3 is 15.5 Å². The van der Waals surface area contributed by atoms with Gasteiger partial charge in [-0.1, -0.05) is 15.9 Å². The number of benzene rings is 2. The minimum absolute atomic E-state index is 0.0674. The third-order valence-electron chi connectivity index (χ3n) is 3.86. The molecule has 0 saturated heterocycles. The molecule has 2 aromatic rings. The van der Waals surface area contributed by atoms with Crippen LogP contribution in [0.15, 0.2) is 46.9 Å². The van der Waals surface area contributed by atoms with Crippen LogP contribution in [0.3, 0.4) is 0 Å². The minimum atomic E-state index is -0.384. The third-order valence-corrected chi connectivity index (χ3v) is 5.27. The van der Waals surface area contributed by atoms with Crippen molar-refractivity contribution in [1.82, 2.24) is 4.90 Å². The van der Waals surface area contributed by atoms with E-state index in [4.69, 9.17) is 0 Å². The fourth-order valence-corrected chi connectivity index (χ4v) is 3.56. The molecule has 0 spiro atoms. The number of hydrogen-bond acceptors (Lipinski definition) is 4. The van der Waals surface area contributed by atoms with Gasteiger partial charge in [-0.15, -0.1) is 11.8 Å². The molecule has 2 N–H and O–H groups in total. The van der Waals surface area contributed by atoms with E-state index < -0.39 is 0 Å². The van der Waals surface area contributed by atoms with Crippen molar-refractivity contribution in [3.63, 3.8) is 0 Å². The molecule has 0 unspecified atom stereocenters. The standard InChI is InChI=1S/C20H21BrFN3O3S/c1-13-9-14(21)3-8-17(13)24-18(26)10-25(2)20(28)12-29-11-19(27)23-16-6-4-15(22)5-7-16/h3-9H,10-12H2,1-2H3,(H,23,27)(H,24,26). The summed E-state index contributed by atoms with van der Waals surface area (Å²) in [5, 5.41) is 5.40. The average molecular weight is 482 g/mol. The number of aryl methyl sites for hydroxylation is 1. The summed E-state index contributed by atoms with van der Waals surface area (Å²) in [6.07, 6.45) is 0. The van der Waals surface area contributed by atoms with E-state index in [-0.39, 0.29) is 41.6 Å². The van der Waals surface area contributed by atoms with Gasteiger partial charge in [-0.05, 0) is 55.0 Å². The van der Waals surface area contributed by atoms with Crippen LogP contribution in [0.2, 0.25) is 0 Å². The van der Waals surface area contributed by atoms with E-state index in [0.29, 0.717) is 11.4 Å². The second kappa shape index (κ2) is 11.0. The molecular formula is C20H21BrFN3O3S. The largest absolute Gasteiger partial charge is 0.336 e. The molecule has 0 heterocycles. The second-order valence-electron chi connectivity index (χ2n) is 6.31. The summed E-state index contributed by atoms with van der Waals surface area (Å²) < 4.78 is 13.8. The van der Waals surface area contributed by atoms with Gasteiger partial charge in [0.1, 0.15) is 5.82 Å². The lowest BCUT2D eigenvalue weighted by Gasteiger charge is -2.17. The van der Waals surface area contributed by atoms with Crippen molar-refractivity contribution in [2.45, 2.75) is 6.92 Å². The topological polar surface area (TPSA) is 78.5 Å². The highest BCUT2D eigenvalue weighted by atomic mass is 79.9. The summed E-state index contributed by atoms with van der Waals surface area (Å²) in [5.41, 5.74) is 2.08. The third kappa shape index (κ3) is 7.86. The SMILES string of the molecule is Cc1cc(Br)ccc1NC(=O)CN(C)C(=O)CSCC(=O)Nc1ccc(F)cc1. The van der Waals surface area contributed by atoms with Gasteiger partial charge in [0, 0.05) is 22.9 Å². The van der Waals surface area contributed by atoms with Crippen LogP contribution >= 0.6 is 27.7 Å². The molecular weight excluding hydrogens is 461 g/mol. The quantitative estimate of drug-likeness (QED) is 0.602. The maximum atomic E-state index is 12.9. The van der Waals surface area contributed by atoms with Crippen molar-refractivity contribution in [1.29, 1.82) is 0 Å². The number of nitrogens with one attached hydrogen (secondary N) is 2. The number of hydrogen-bond donors (Lipinski definition) is 2. The fraction of sp³-hybridized carbons (Fsp3) is 0.250.